The zero-order valence-corrected chi connectivity index (χ0v) is 6.94. The molecule has 0 heterocycles. The summed E-state index contributed by atoms with van der Waals surface area (Å²) >= 11 is 4.11. The molecule has 2 N–H and O–H groups in total. The van der Waals surface area contributed by atoms with Crippen LogP contribution in [0.15, 0.2) is 0 Å². The van der Waals surface area contributed by atoms with Crippen LogP contribution in [0, 0.1) is 0 Å². The Kier molecular flexibility index (Phi) is 2.56. The first-order chi connectivity index (χ1) is 3.81. The minimum absolute atomic E-state index is 0.260. The fourth-order valence-electron chi connectivity index (χ4n) is 0.193. The molecule has 0 aliphatic rings. The molecule has 0 radical (unpaired) electrons. The first-order valence-corrected chi connectivity index (χ1v) is 3.31. The first-order valence-electron chi connectivity index (χ1n) is 2.87. The van der Waals surface area contributed by atoms with Crippen molar-refractivity contribution in [2.45, 2.75) is 31.1 Å². The van der Waals surface area contributed by atoms with E-state index >= 15 is 0 Å². The molecule has 0 saturated carbocycles. The highest BCUT2D eigenvalue weighted by Gasteiger charge is 2.35. The topological polar surface area (TPSA) is 40.5 Å². The minimum atomic E-state index is -1.10. The molecule has 0 aliphatic heterocycles. The van der Waals surface area contributed by atoms with Crippen molar-refractivity contribution in [3.8, 4) is 0 Å². The third kappa shape index (κ3) is 2.16. The molecular formula is C6H14O2S. The molecule has 0 aliphatic carbocycles. The molecule has 1 unspecified atom stereocenters. The van der Waals surface area contributed by atoms with E-state index in [4.69, 9.17) is 5.11 Å². The summed E-state index contributed by atoms with van der Waals surface area (Å²) in [6, 6.07) is 0. The SMILES string of the molecule is CC(C)(S)C(C)(O)CO. The standard InChI is InChI=1S/C6H14O2S/c1-5(2,9)6(3,8)4-7/h7-9H,4H2,1-3H3. The Bertz CT molecular complexity index is 93.7. The number of hydrogen-bond donors (Lipinski definition) is 3. The van der Waals surface area contributed by atoms with Gasteiger partial charge in [-0.2, -0.15) is 12.6 Å². The quantitative estimate of drug-likeness (QED) is 0.500. The van der Waals surface area contributed by atoms with Gasteiger partial charge >= 0.3 is 0 Å². The van der Waals surface area contributed by atoms with Crippen LogP contribution >= 0.6 is 12.6 Å². The third-order valence-corrected chi connectivity index (χ3v) is 2.11. The largest absolute Gasteiger partial charge is 0.393 e. The van der Waals surface area contributed by atoms with Crippen LogP contribution in [0.1, 0.15) is 20.8 Å². The predicted molar refractivity (Wildman–Crippen MR) is 40.8 cm³/mol. The molecular weight excluding hydrogens is 136 g/mol. The van der Waals surface area contributed by atoms with Crippen LogP contribution in [0.25, 0.3) is 0 Å². The molecule has 0 aromatic carbocycles. The average Bonchev–Trinajstić information content (AvgIpc) is 1.64. The van der Waals surface area contributed by atoms with Gasteiger partial charge < -0.3 is 10.2 Å². The van der Waals surface area contributed by atoms with Crippen LogP contribution in [-0.2, 0) is 0 Å². The molecule has 2 nitrogen and oxygen atoms in total. The van der Waals surface area contributed by atoms with E-state index in [2.05, 4.69) is 12.6 Å². The molecule has 3 heteroatoms. The number of rotatable bonds is 2. The van der Waals surface area contributed by atoms with Crippen molar-refractivity contribution in [1.29, 1.82) is 0 Å². The molecule has 0 aromatic heterocycles. The Morgan fingerprint density at radius 1 is 1.33 bits per heavy atom. The summed E-state index contributed by atoms with van der Waals surface area (Å²) in [6.45, 7) is 4.81. The van der Waals surface area contributed by atoms with Crippen molar-refractivity contribution in [1.82, 2.24) is 0 Å². The maximum absolute atomic E-state index is 9.33. The van der Waals surface area contributed by atoms with Gasteiger partial charge in [0, 0.05) is 4.75 Å². The van der Waals surface area contributed by atoms with Gasteiger partial charge in [0.1, 0.15) is 0 Å². The lowest BCUT2D eigenvalue weighted by molar-refractivity contribution is -0.0211. The predicted octanol–water partition coefficient (Wildman–Crippen LogP) is 0.438. The van der Waals surface area contributed by atoms with E-state index in [1.807, 2.05) is 0 Å². The second-order valence-corrected chi connectivity index (χ2v) is 4.11. The number of hydrogen-bond acceptors (Lipinski definition) is 3. The fourth-order valence-corrected chi connectivity index (χ4v) is 0.264. The lowest BCUT2D eigenvalue weighted by Crippen LogP contribution is -2.46. The van der Waals surface area contributed by atoms with E-state index in [-0.39, 0.29) is 6.61 Å². The van der Waals surface area contributed by atoms with Crippen molar-refractivity contribution < 1.29 is 10.2 Å². The number of thiol groups is 1. The normalized spacial score (nSPS) is 19.3. The van der Waals surface area contributed by atoms with Crippen LogP contribution in [-0.4, -0.2) is 27.2 Å². The highest BCUT2D eigenvalue weighted by atomic mass is 32.1. The molecule has 0 saturated heterocycles. The van der Waals surface area contributed by atoms with Crippen molar-refractivity contribution in [3.05, 3.63) is 0 Å². The number of aliphatic hydroxyl groups excluding tert-OH is 1. The Hall–Kier alpha value is 0.270. The van der Waals surface area contributed by atoms with Gasteiger partial charge in [-0.15, -0.1) is 0 Å². The van der Waals surface area contributed by atoms with Gasteiger partial charge in [0.2, 0.25) is 0 Å². The van der Waals surface area contributed by atoms with Crippen molar-refractivity contribution in [3.63, 3.8) is 0 Å². The molecule has 1 atom stereocenters. The lowest BCUT2D eigenvalue weighted by Gasteiger charge is -2.34. The molecule has 0 bridgehead atoms. The van der Waals surface area contributed by atoms with E-state index in [1.54, 1.807) is 20.8 Å². The summed E-state index contributed by atoms with van der Waals surface area (Å²) in [6.07, 6.45) is 0. The van der Waals surface area contributed by atoms with Gasteiger partial charge in [-0.05, 0) is 20.8 Å². The summed E-state index contributed by atoms with van der Waals surface area (Å²) in [5.41, 5.74) is -1.10. The summed E-state index contributed by atoms with van der Waals surface area (Å²) in [7, 11) is 0. The van der Waals surface area contributed by atoms with Gasteiger partial charge in [0.15, 0.2) is 0 Å². The second-order valence-electron chi connectivity index (χ2n) is 2.99. The van der Waals surface area contributed by atoms with Crippen molar-refractivity contribution >= 4 is 12.6 Å². The molecule has 0 fully saturated rings. The Balaban J connectivity index is 4.14. The summed E-state index contributed by atoms with van der Waals surface area (Å²) in [5, 5.41) is 18.0. The zero-order valence-electron chi connectivity index (χ0n) is 6.05. The van der Waals surface area contributed by atoms with Crippen LogP contribution in [0.3, 0.4) is 0 Å². The van der Waals surface area contributed by atoms with Crippen LogP contribution in [0.2, 0.25) is 0 Å². The molecule has 0 aromatic rings. The van der Waals surface area contributed by atoms with Crippen molar-refractivity contribution in [2.24, 2.45) is 0 Å². The van der Waals surface area contributed by atoms with Gasteiger partial charge in [0.05, 0.1) is 12.2 Å². The Morgan fingerprint density at radius 3 is 1.67 bits per heavy atom. The zero-order chi connectivity index (χ0) is 7.71. The van der Waals surface area contributed by atoms with Gasteiger partial charge in [-0.3, -0.25) is 0 Å². The maximum Gasteiger partial charge on any atom is 0.0987 e. The molecule has 0 amide bonds. The van der Waals surface area contributed by atoms with E-state index < -0.39 is 10.3 Å². The average molecular weight is 150 g/mol. The van der Waals surface area contributed by atoms with Gasteiger partial charge in [-0.1, -0.05) is 0 Å². The van der Waals surface area contributed by atoms with Crippen LogP contribution in [0.5, 0.6) is 0 Å². The monoisotopic (exact) mass is 150 g/mol. The van der Waals surface area contributed by atoms with E-state index in [0.717, 1.165) is 0 Å². The van der Waals surface area contributed by atoms with Crippen LogP contribution in [0.4, 0.5) is 0 Å². The molecule has 0 spiro atoms. The van der Waals surface area contributed by atoms with Crippen molar-refractivity contribution in [2.75, 3.05) is 6.61 Å². The fraction of sp³-hybridized carbons (Fsp3) is 1.00. The second kappa shape index (κ2) is 2.48. The van der Waals surface area contributed by atoms with E-state index in [1.165, 1.54) is 0 Å². The summed E-state index contributed by atoms with van der Waals surface area (Å²) < 4.78 is -0.554. The lowest BCUT2D eigenvalue weighted by atomic mass is 9.93. The molecule has 56 valence electrons. The smallest absolute Gasteiger partial charge is 0.0987 e. The molecule has 9 heavy (non-hydrogen) atoms. The summed E-state index contributed by atoms with van der Waals surface area (Å²) in [4.78, 5) is 0. The Morgan fingerprint density at radius 2 is 1.67 bits per heavy atom. The van der Waals surface area contributed by atoms with Gasteiger partial charge in [0.25, 0.3) is 0 Å². The third-order valence-electron chi connectivity index (χ3n) is 1.63. The van der Waals surface area contributed by atoms with Gasteiger partial charge in [-0.25, -0.2) is 0 Å². The van der Waals surface area contributed by atoms with E-state index in [0.29, 0.717) is 0 Å². The maximum atomic E-state index is 9.33. The highest BCUT2D eigenvalue weighted by Crippen LogP contribution is 2.26. The summed E-state index contributed by atoms with van der Waals surface area (Å²) in [5.74, 6) is 0. The number of aliphatic hydroxyl groups is 2. The first kappa shape index (κ1) is 9.27. The van der Waals surface area contributed by atoms with E-state index in [9.17, 15) is 5.11 Å². The Labute approximate surface area is 61.3 Å². The van der Waals surface area contributed by atoms with Crippen LogP contribution < -0.4 is 0 Å². The highest BCUT2D eigenvalue weighted by molar-refractivity contribution is 7.81. The minimum Gasteiger partial charge on any atom is -0.393 e. The molecule has 0 rings (SSSR count).